The van der Waals surface area contributed by atoms with Gasteiger partial charge in [-0.2, -0.15) is 0 Å². The molecule has 0 spiro atoms. The minimum absolute atomic E-state index is 0.0119. The highest BCUT2D eigenvalue weighted by Crippen LogP contribution is 2.19. The van der Waals surface area contributed by atoms with Crippen molar-refractivity contribution in [1.82, 2.24) is 10.2 Å². The van der Waals surface area contributed by atoms with Crippen LogP contribution in [0.3, 0.4) is 0 Å². The Hall–Kier alpha value is -2.09. The number of amides is 2. The monoisotopic (exact) mass is 382 g/mol. The summed E-state index contributed by atoms with van der Waals surface area (Å²) in [6.07, 6.45) is 0.774. The fourth-order valence-electron chi connectivity index (χ4n) is 3.21. The lowest BCUT2D eigenvalue weighted by molar-refractivity contribution is -0.137. The lowest BCUT2D eigenvalue weighted by Gasteiger charge is -2.26. The summed E-state index contributed by atoms with van der Waals surface area (Å²) in [5.74, 6) is 0.167. The topological polar surface area (TPSA) is 92.8 Å². The first-order valence-electron chi connectivity index (χ1n) is 8.74. The quantitative estimate of drug-likeness (QED) is 0.671. The van der Waals surface area contributed by atoms with E-state index in [2.05, 4.69) is 5.32 Å². The van der Waals surface area contributed by atoms with Gasteiger partial charge < -0.3 is 15.0 Å². The zero-order valence-electron chi connectivity index (χ0n) is 15.2. The molecule has 0 bridgehead atoms. The van der Waals surface area contributed by atoms with Crippen molar-refractivity contribution in [2.75, 3.05) is 31.7 Å². The Morgan fingerprint density at radius 1 is 1.31 bits per heavy atom. The Balaban J connectivity index is 1.82. The van der Waals surface area contributed by atoms with Crippen LogP contribution in [0.2, 0.25) is 0 Å². The summed E-state index contributed by atoms with van der Waals surface area (Å²) in [6, 6.07) is 7.24. The van der Waals surface area contributed by atoms with Crippen LogP contribution < -0.4 is 10.1 Å². The lowest BCUT2D eigenvalue weighted by atomic mass is 10.1. The third kappa shape index (κ3) is 5.45. The predicted octanol–water partition coefficient (Wildman–Crippen LogP) is 0.780. The van der Waals surface area contributed by atoms with Crippen molar-refractivity contribution in [3.8, 4) is 5.75 Å². The fraction of sp³-hybridized carbons (Fsp3) is 0.556. The van der Waals surface area contributed by atoms with Crippen molar-refractivity contribution in [3.05, 3.63) is 29.8 Å². The number of methoxy groups -OCH3 is 1. The summed E-state index contributed by atoms with van der Waals surface area (Å²) in [5, 5.41) is 2.74. The fourth-order valence-corrected chi connectivity index (χ4v) is 4.94. The molecule has 0 aliphatic carbocycles. The van der Waals surface area contributed by atoms with Crippen molar-refractivity contribution in [1.29, 1.82) is 0 Å². The summed E-state index contributed by atoms with van der Waals surface area (Å²) < 4.78 is 28.5. The van der Waals surface area contributed by atoms with E-state index in [1.807, 2.05) is 24.3 Å². The number of para-hydroxylation sites is 1. The SMILES string of the molecule is CCN(C(=O)CC(=O)NCCc1ccccc1OC)C1CCS(=O)(=O)C1. The number of rotatable bonds is 8. The second-order valence-corrected chi connectivity index (χ2v) is 8.55. The van der Waals surface area contributed by atoms with Gasteiger partial charge in [0.15, 0.2) is 9.84 Å². The Morgan fingerprint density at radius 3 is 2.65 bits per heavy atom. The summed E-state index contributed by atoms with van der Waals surface area (Å²) in [4.78, 5) is 25.9. The molecular formula is C18H26N2O5S. The number of carbonyl (C=O) groups is 2. The van der Waals surface area contributed by atoms with Gasteiger partial charge in [-0.15, -0.1) is 0 Å². The Bertz CT molecular complexity index is 748. The number of hydrogen-bond acceptors (Lipinski definition) is 5. The third-order valence-corrected chi connectivity index (χ3v) is 6.28. The van der Waals surface area contributed by atoms with Gasteiger partial charge in [0.1, 0.15) is 12.2 Å². The number of nitrogens with zero attached hydrogens (tertiary/aromatic N) is 1. The van der Waals surface area contributed by atoms with Crippen molar-refractivity contribution < 1.29 is 22.7 Å². The van der Waals surface area contributed by atoms with Gasteiger partial charge in [-0.25, -0.2) is 8.42 Å². The number of benzene rings is 1. The lowest BCUT2D eigenvalue weighted by Crippen LogP contribution is -2.43. The molecule has 2 amide bonds. The molecule has 1 aromatic carbocycles. The average molecular weight is 382 g/mol. The number of hydrogen-bond donors (Lipinski definition) is 1. The summed E-state index contributed by atoms with van der Waals surface area (Å²) in [5.41, 5.74) is 0.980. The van der Waals surface area contributed by atoms with E-state index >= 15 is 0 Å². The highest BCUT2D eigenvalue weighted by molar-refractivity contribution is 7.91. The van der Waals surface area contributed by atoms with Gasteiger partial charge in [-0.3, -0.25) is 9.59 Å². The second-order valence-electron chi connectivity index (χ2n) is 6.33. The minimum atomic E-state index is -3.07. The maximum Gasteiger partial charge on any atom is 0.232 e. The molecule has 0 aromatic heterocycles. The van der Waals surface area contributed by atoms with Gasteiger partial charge in [0.05, 0.1) is 18.6 Å². The molecular weight excluding hydrogens is 356 g/mol. The van der Waals surface area contributed by atoms with Crippen molar-refractivity contribution in [3.63, 3.8) is 0 Å². The van der Waals surface area contributed by atoms with E-state index in [-0.39, 0.29) is 35.8 Å². The van der Waals surface area contributed by atoms with Gasteiger partial charge in [0, 0.05) is 19.1 Å². The van der Waals surface area contributed by atoms with Crippen molar-refractivity contribution >= 4 is 21.7 Å². The van der Waals surface area contributed by atoms with Crippen LogP contribution in [-0.4, -0.2) is 62.9 Å². The molecule has 8 heteroatoms. The summed E-state index contributed by atoms with van der Waals surface area (Å²) in [6.45, 7) is 2.59. The normalized spacial score (nSPS) is 18.3. The van der Waals surface area contributed by atoms with E-state index in [0.717, 1.165) is 11.3 Å². The first-order chi connectivity index (χ1) is 12.4. The molecule has 1 heterocycles. The molecule has 1 saturated heterocycles. The minimum Gasteiger partial charge on any atom is -0.496 e. The molecule has 1 unspecified atom stereocenters. The van der Waals surface area contributed by atoms with E-state index in [4.69, 9.17) is 4.74 Å². The number of carbonyl (C=O) groups excluding carboxylic acids is 2. The molecule has 2 rings (SSSR count). The molecule has 1 N–H and O–H groups in total. The van der Waals surface area contributed by atoms with Crippen LogP contribution in [0, 0.1) is 0 Å². The molecule has 1 fully saturated rings. The van der Waals surface area contributed by atoms with Crippen molar-refractivity contribution in [2.24, 2.45) is 0 Å². The molecule has 1 atom stereocenters. The first kappa shape index (κ1) is 20.2. The molecule has 0 saturated carbocycles. The van der Waals surface area contributed by atoms with Crippen LogP contribution in [0.25, 0.3) is 0 Å². The van der Waals surface area contributed by atoms with Crippen LogP contribution >= 0.6 is 0 Å². The molecule has 1 aliphatic heterocycles. The third-order valence-electron chi connectivity index (χ3n) is 4.53. The van der Waals surface area contributed by atoms with Crippen molar-refractivity contribution in [2.45, 2.75) is 32.2 Å². The van der Waals surface area contributed by atoms with Crippen LogP contribution in [0.15, 0.2) is 24.3 Å². The van der Waals surface area contributed by atoms with E-state index in [1.54, 1.807) is 14.0 Å². The highest BCUT2D eigenvalue weighted by Gasteiger charge is 2.34. The van der Waals surface area contributed by atoms with E-state index in [9.17, 15) is 18.0 Å². The zero-order chi connectivity index (χ0) is 19.2. The predicted molar refractivity (Wildman–Crippen MR) is 98.8 cm³/mol. The second kappa shape index (κ2) is 9.02. The van der Waals surface area contributed by atoms with E-state index in [1.165, 1.54) is 4.90 Å². The molecule has 7 nitrogen and oxygen atoms in total. The van der Waals surface area contributed by atoms with Crippen LogP contribution in [0.4, 0.5) is 0 Å². The number of ether oxygens (including phenoxy) is 1. The smallest absolute Gasteiger partial charge is 0.232 e. The largest absolute Gasteiger partial charge is 0.496 e. The Labute approximate surface area is 154 Å². The Kier molecular flexibility index (Phi) is 7.02. The maximum atomic E-state index is 12.4. The molecule has 26 heavy (non-hydrogen) atoms. The maximum absolute atomic E-state index is 12.4. The molecule has 0 radical (unpaired) electrons. The summed E-state index contributed by atoms with van der Waals surface area (Å²) >= 11 is 0. The van der Waals surface area contributed by atoms with Crippen LogP contribution in [0.5, 0.6) is 5.75 Å². The van der Waals surface area contributed by atoms with Gasteiger partial charge in [-0.1, -0.05) is 18.2 Å². The van der Waals surface area contributed by atoms with Gasteiger partial charge in [0.2, 0.25) is 11.8 Å². The van der Waals surface area contributed by atoms with E-state index in [0.29, 0.717) is 25.9 Å². The first-order valence-corrected chi connectivity index (χ1v) is 10.6. The standard InChI is InChI=1S/C18H26N2O5S/c1-3-20(15-9-11-26(23,24)13-15)18(22)12-17(21)19-10-8-14-6-4-5-7-16(14)25-2/h4-7,15H,3,8-13H2,1-2H3,(H,19,21). The molecule has 1 aromatic rings. The van der Waals surface area contributed by atoms with Gasteiger partial charge in [0.25, 0.3) is 0 Å². The molecule has 1 aliphatic rings. The Morgan fingerprint density at radius 2 is 2.04 bits per heavy atom. The summed E-state index contributed by atoms with van der Waals surface area (Å²) in [7, 11) is -1.47. The number of nitrogens with one attached hydrogen (secondary N) is 1. The van der Waals surface area contributed by atoms with Crippen LogP contribution in [0.1, 0.15) is 25.3 Å². The van der Waals surface area contributed by atoms with Gasteiger partial charge in [-0.05, 0) is 31.4 Å². The zero-order valence-corrected chi connectivity index (χ0v) is 16.0. The van der Waals surface area contributed by atoms with Gasteiger partial charge >= 0.3 is 0 Å². The number of sulfone groups is 1. The highest BCUT2D eigenvalue weighted by atomic mass is 32.2. The molecule has 144 valence electrons. The average Bonchev–Trinajstić information content (AvgIpc) is 2.95. The van der Waals surface area contributed by atoms with E-state index < -0.39 is 9.84 Å². The van der Waals surface area contributed by atoms with Crippen LogP contribution in [-0.2, 0) is 25.8 Å².